The molecule has 0 aliphatic rings. The van der Waals surface area contributed by atoms with Crippen molar-refractivity contribution in [1.29, 1.82) is 0 Å². The van der Waals surface area contributed by atoms with Gasteiger partial charge in [-0.2, -0.15) is 0 Å². The summed E-state index contributed by atoms with van der Waals surface area (Å²) in [4.78, 5) is 18.7. The second kappa shape index (κ2) is 5.49. The summed E-state index contributed by atoms with van der Waals surface area (Å²) in [6.07, 6.45) is 1.66. The monoisotopic (exact) mass is 325 g/mol. The molecule has 0 atom stereocenters. The number of nitrogens with zero attached hydrogens (tertiary/aromatic N) is 2. The van der Waals surface area contributed by atoms with Gasteiger partial charge in [0.2, 0.25) is 0 Å². The minimum Gasteiger partial charge on any atom is -0.365 e. The lowest BCUT2D eigenvalue weighted by molar-refractivity contribution is 0.100. The highest BCUT2D eigenvalue weighted by Crippen LogP contribution is 2.25. The van der Waals surface area contributed by atoms with Crippen LogP contribution in [-0.4, -0.2) is 17.9 Å². The maximum atomic E-state index is 11.3. The van der Waals surface area contributed by atoms with Crippen LogP contribution in [-0.2, 0) is 6.54 Å². The average molecular weight is 326 g/mol. The van der Waals surface area contributed by atoms with Crippen molar-refractivity contribution in [3.8, 4) is 0 Å². The van der Waals surface area contributed by atoms with Crippen LogP contribution in [0, 0.1) is 0 Å². The molecular formula is C12H12BrN3OS. The van der Waals surface area contributed by atoms with Gasteiger partial charge in [-0.1, -0.05) is 0 Å². The first-order valence-corrected chi connectivity index (χ1v) is 6.89. The van der Waals surface area contributed by atoms with Crippen LogP contribution in [0.15, 0.2) is 34.2 Å². The van der Waals surface area contributed by atoms with E-state index in [1.165, 1.54) is 4.88 Å². The first-order chi connectivity index (χ1) is 8.58. The number of carbonyl (C=O) groups is 1. The van der Waals surface area contributed by atoms with Crippen molar-refractivity contribution in [2.24, 2.45) is 5.73 Å². The molecule has 0 aliphatic heterocycles. The lowest BCUT2D eigenvalue weighted by Crippen LogP contribution is -2.22. The summed E-state index contributed by atoms with van der Waals surface area (Å²) in [5.41, 5.74) is 5.78. The van der Waals surface area contributed by atoms with E-state index in [-0.39, 0.29) is 0 Å². The maximum absolute atomic E-state index is 11.3. The molecular weight excluding hydrogens is 314 g/mol. The smallest absolute Gasteiger partial charge is 0.252 e. The van der Waals surface area contributed by atoms with E-state index in [4.69, 9.17) is 5.73 Å². The first kappa shape index (κ1) is 13.0. The van der Waals surface area contributed by atoms with Crippen molar-refractivity contribution in [3.05, 3.63) is 44.7 Å². The molecule has 0 bridgehead atoms. The molecule has 0 saturated carbocycles. The van der Waals surface area contributed by atoms with E-state index in [0.29, 0.717) is 17.9 Å². The van der Waals surface area contributed by atoms with Crippen LogP contribution in [0.3, 0.4) is 0 Å². The van der Waals surface area contributed by atoms with Crippen molar-refractivity contribution in [2.75, 3.05) is 11.9 Å². The number of carbonyl (C=O) groups excluding carboxylic acids is 1. The van der Waals surface area contributed by atoms with Gasteiger partial charge in [-0.25, -0.2) is 4.98 Å². The van der Waals surface area contributed by atoms with Gasteiger partial charge in [0, 0.05) is 18.1 Å². The molecule has 2 aromatic rings. The molecule has 0 unspecified atom stereocenters. The molecule has 0 aliphatic carbocycles. The van der Waals surface area contributed by atoms with E-state index < -0.39 is 5.91 Å². The van der Waals surface area contributed by atoms with Crippen molar-refractivity contribution >= 4 is 39.0 Å². The molecule has 0 spiro atoms. The molecule has 0 saturated heterocycles. The highest BCUT2D eigenvalue weighted by atomic mass is 79.9. The fraction of sp³-hybridized carbons (Fsp3) is 0.167. The number of rotatable bonds is 4. The van der Waals surface area contributed by atoms with Gasteiger partial charge in [0.15, 0.2) is 0 Å². The van der Waals surface area contributed by atoms with Crippen molar-refractivity contribution < 1.29 is 4.79 Å². The number of anilines is 1. The Bertz CT molecular complexity index is 570. The van der Waals surface area contributed by atoms with Crippen LogP contribution in [0.5, 0.6) is 0 Å². The standard InChI is InChI=1S/C12H12BrN3OS/c1-16(7-8-4-5-10(13)18-8)12-9(11(14)17)3-2-6-15-12/h2-6H,7H2,1H3,(H2,14,17). The first-order valence-electron chi connectivity index (χ1n) is 5.28. The zero-order valence-corrected chi connectivity index (χ0v) is 12.2. The van der Waals surface area contributed by atoms with Gasteiger partial charge >= 0.3 is 0 Å². The normalized spacial score (nSPS) is 10.3. The third-order valence-electron chi connectivity index (χ3n) is 2.44. The summed E-state index contributed by atoms with van der Waals surface area (Å²) in [6.45, 7) is 0.688. The molecule has 1 amide bonds. The van der Waals surface area contributed by atoms with Gasteiger partial charge in [-0.05, 0) is 40.2 Å². The Labute approximate surface area is 118 Å². The van der Waals surface area contributed by atoms with Crippen LogP contribution < -0.4 is 10.6 Å². The van der Waals surface area contributed by atoms with Crippen molar-refractivity contribution in [1.82, 2.24) is 4.98 Å². The van der Waals surface area contributed by atoms with E-state index in [0.717, 1.165) is 3.79 Å². The number of nitrogens with two attached hydrogens (primary N) is 1. The largest absolute Gasteiger partial charge is 0.365 e. The second-order valence-electron chi connectivity index (χ2n) is 3.80. The third kappa shape index (κ3) is 2.88. The van der Waals surface area contributed by atoms with Crippen LogP contribution >= 0.6 is 27.3 Å². The van der Waals surface area contributed by atoms with Gasteiger partial charge in [0.25, 0.3) is 5.91 Å². The Morgan fingerprint density at radius 1 is 1.50 bits per heavy atom. The molecule has 4 nitrogen and oxygen atoms in total. The van der Waals surface area contributed by atoms with Crippen LogP contribution in [0.1, 0.15) is 15.2 Å². The number of aromatic nitrogens is 1. The number of amides is 1. The van der Waals surface area contributed by atoms with Crippen molar-refractivity contribution in [3.63, 3.8) is 0 Å². The number of hydrogen-bond acceptors (Lipinski definition) is 4. The van der Waals surface area contributed by atoms with Crippen LogP contribution in [0.2, 0.25) is 0 Å². The SMILES string of the molecule is CN(Cc1ccc(Br)s1)c1ncccc1C(N)=O. The van der Waals surface area contributed by atoms with Gasteiger partial charge in [-0.3, -0.25) is 4.79 Å². The van der Waals surface area contributed by atoms with Gasteiger partial charge in [0.1, 0.15) is 5.82 Å². The summed E-state index contributed by atoms with van der Waals surface area (Å²) in [6, 6.07) is 7.43. The van der Waals surface area contributed by atoms with Crippen LogP contribution in [0.25, 0.3) is 0 Å². The van der Waals surface area contributed by atoms with E-state index in [1.807, 2.05) is 24.1 Å². The zero-order chi connectivity index (χ0) is 13.1. The Morgan fingerprint density at radius 2 is 2.28 bits per heavy atom. The van der Waals surface area contributed by atoms with Gasteiger partial charge in [-0.15, -0.1) is 11.3 Å². The predicted octanol–water partition coefficient (Wildman–Crippen LogP) is 2.64. The highest BCUT2D eigenvalue weighted by Gasteiger charge is 2.13. The third-order valence-corrected chi connectivity index (χ3v) is 4.04. The van der Waals surface area contributed by atoms with Gasteiger partial charge in [0.05, 0.1) is 15.9 Å². The topological polar surface area (TPSA) is 59.2 Å². The van der Waals surface area contributed by atoms with E-state index in [1.54, 1.807) is 29.7 Å². The average Bonchev–Trinajstić information content (AvgIpc) is 2.74. The molecule has 0 aromatic carbocycles. The fourth-order valence-corrected chi connectivity index (χ4v) is 3.18. The lowest BCUT2D eigenvalue weighted by atomic mass is 10.2. The van der Waals surface area contributed by atoms with E-state index in [2.05, 4.69) is 20.9 Å². The number of thiophene rings is 1. The Morgan fingerprint density at radius 3 is 2.89 bits per heavy atom. The fourth-order valence-electron chi connectivity index (χ4n) is 1.64. The highest BCUT2D eigenvalue weighted by molar-refractivity contribution is 9.11. The maximum Gasteiger partial charge on any atom is 0.252 e. The van der Waals surface area contributed by atoms with E-state index >= 15 is 0 Å². The Balaban J connectivity index is 2.23. The number of halogens is 1. The van der Waals surface area contributed by atoms with Crippen molar-refractivity contribution in [2.45, 2.75) is 6.54 Å². The zero-order valence-electron chi connectivity index (χ0n) is 9.76. The minimum atomic E-state index is -0.461. The number of primary amides is 1. The molecule has 2 aromatic heterocycles. The molecule has 2 rings (SSSR count). The molecule has 6 heteroatoms. The number of hydrogen-bond donors (Lipinski definition) is 1. The summed E-state index contributed by atoms with van der Waals surface area (Å²) in [5.74, 6) is 0.145. The molecule has 94 valence electrons. The van der Waals surface area contributed by atoms with E-state index in [9.17, 15) is 4.79 Å². The van der Waals surface area contributed by atoms with Gasteiger partial charge < -0.3 is 10.6 Å². The Kier molecular flexibility index (Phi) is 3.98. The minimum absolute atomic E-state index is 0.440. The Hall–Kier alpha value is -1.40. The summed E-state index contributed by atoms with van der Waals surface area (Å²) in [7, 11) is 1.89. The number of pyridine rings is 1. The molecule has 18 heavy (non-hydrogen) atoms. The molecule has 2 N–H and O–H groups in total. The second-order valence-corrected chi connectivity index (χ2v) is 6.35. The van der Waals surface area contributed by atoms with Crippen LogP contribution in [0.4, 0.5) is 5.82 Å². The lowest BCUT2D eigenvalue weighted by Gasteiger charge is -2.19. The predicted molar refractivity (Wildman–Crippen MR) is 76.9 cm³/mol. The molecule has 0 radical (unpaired) electrons. The summed E-state index contributed by atoms with van der Waals surface area (Å²) >= 11 is 5.08. The molecule has 0 fully saturated rings. The summed E-state index contributed by atoms with van der Waals surface area (Å²) < 4.78 is 1.09. The summed E-state index contributed by atoms with van der Waals surface area (Å²) in [5, 5.41) is 0. The molecule has 2 heterocycles. The quantitative estimate of drug-likeness (QED) is 0.940.